The van der Waals surface area contributed by atoms with E-state index >= 15 is 0 Å². The van der Waals surface area contributed by atoms with Gasteiger partial charge in [0, 0.05) is 17.1 Å². The molecule has 0 aliphatic rings. The highest BCUT2D eigenvalue weighted by atomic mass is 14.7. The van der Waals surface area contributed by atoms with Gasteiger partial charge in [0.1, 0.15) is 0 Å². The van der Waals surface area contributed by atoms with Gasteiger partial charge in [-0.1, -0.05) is 78.4 Å². The molecule has 4 rings (SSSR count). The lowest BCUT2D eigenvalue weighted by Crippen LogP contribution is -1.85. The molecular weight excluding hydrogens is 278 g/mol. The van der Waals surface area contributed by atoms with Crippen LogP contribution < -0.4 is 0 Å². The van der Waals surface area contributed by atoms with E-state index in [2.05, 4.69) is 84.7 Å². The Balaban J connectivity index is 1.70. The Kier molecular flexibility index (Phi) is 3.39. The molecule has 23 heavy (non-hydrogen) atoms. The fourth-order valence-electron chi connectivity index (χ4n) is 2.82. The van der Waals surface area contributed by atoms with Crippen LogP contribution in [0.4, 0.5) is 0 Å². The molecule has 0 aliphatic heterocycles. The Labute approximate surface area is 136 Å². The second-order valence-electron chi connectivity index (χ2n) is 5.86. The number of hydrogen-bond donors (Lipinski definition) is 0. The van der Waals surface area contributed by atoms with E-state index in [0.717, 1.165) is 11.3 Å². The highest BCUT2D eigenvalue weighted by Crippen LogP contribution is 2.26. The van der Waals surface area contributed by atoms with Crippen molar-refractivity contribution >= 4 is 10.8 Å². The Hall–Kier alpha value is -2.93. The highest BCUT2D eigenvalue weighted by Gasteiger charge is 2.03. The van der Waals surface area contributed by atoms with Gasteiger partial charge < -0.3 is 0 Å². The van der Waals surface area contributed by atoms with Crippen LogP contribution in [0.15, 0.2) is 85.1 Å². The van der Waals surface area contributed by atoms with E-state index in [9.17, 15) is 0 Å². The summed E-state index contributed by atoms with van der Waals surface area (Å²) in [5, 5.41) is 2.40. The predicted octanol–water partition coefficient (Wildman–Crippen LogP) is 5.88. The van der Waals surface area contributed by atoms with Crippen molar-refractivity contribution in [3.8, 4) is 22.4 Å². The van der Waals surface area contributed by atoms with Crippen molar-refractivity contribution < 1.29 is 0 Å². The third-order valence-electron chi connectivity index (χ3n) is 4.20. The molecule has 0 saturated heterocycles. The van der Waals surface area contributed by atoms with Crippen LogP contribution in [0.1, 0.15) is 5.56 Å². The van der Waals surface area contributed by atoms with Crippen LogP contribution in [-0.2, 0) is 0 Å². The molecule has 4 aromatic rings. The summed E-state index contributed by atoms with van der Waals surface area (Å²) >= 11 is 0. The summed E-state index contributed by atoms with van der Waals surface area (Å²) in [6.07, 6.45) is 1.94. The third-order valence-corrected chi connectivity index (χ3v) is 4.20. The van der Waals surface area contributed by atoms with E-state index in [1.54, 1.807) is 0 Å². The molecule has 0 radical (unpaired) electrons. The summed E-state index contributed by atoms with van der Waals surface area (Å²) < 4.78 is 0. The fraction of sp³-hybridized carbons (Fsp3) is 0.0455. The molecule has 0 N–H and O–H groups in total. The maximum Gasteiger partial charge on any atom is 0.0708 e. The van der Waals surface area contributed by atoms with Gasteiger partial charge in [-0.15, -0.1) is 0 Å². The van der Waals surface area contributed by atoms with Crippen LogP contribution in [0.3, 0.4) is 0 Å². The predicted molar refractivity (Wildman–Crippen MR) is 97.4 cm³/mol. The van der Waals surface area contributed by atoms with Crippen molar-refractivity contribution in [3.63, 3.8) is 0 Å². The SMILES string of the molecule is Cc1ccc(-c2ccc(-c3cc4ccccc4cn3)cc2)cc1. The molecule has 110 valence electrons. The van der Waals surface area contributed by atoms with Gasteiger partial charge in [0.15, 0.2) is 0 Å². The van der Waals surface area contributed by atoms with Crippen molar-refractivity contribution in [2.24, 2.45) is 0 Å². The number of nitrogens with zero attached hydrogens (tertiary/aromatic N) is 1. The summed E-state index contributed by atoms with van der Waals surface area (Å²) in [5.41, 5.74) is 5.92. The first-order valence-corrected chi connectivity index (χ1v) is 7.82. The van der Waals surface area contributed by atoms with Crippen LogP contribution in [0, 0.1) is 6.92 Å². The van der Waals surface area contributed by atoms with Crippen molar-refractivity contribution in [1.29, 1.82) is 0 Å². The summed E-state index contributed by atoms with van der Waals surface area (Å²) in [6.45, 7) is 2.11. The molecule has 1 heteroatoms. The van der Waals surface area contributed by atoms with E-state index in [0.29, 0.717) is 0 Å². The monoisotopic (exact) mass is 295 g/mol. The Morgan fingerprint density at radius 1 is 0.609 bits per heavy atom. The molecule has 1 aromatic heterocycles. The summed E-state index contributed by atoms with van der Waals surface area (Å²) in [5.74, 6) is 0. The molecule has 0 saturated carbocycles. The van der Waals surface area contributed by atoms with E-state index in [1.807, 2.05) is 12.3 Å². The van der Waals surface area contributed by atoms with Gasteiger partial charge in [0.2, 0.25) is 0 Å². The number of aromatic nitrogens is 1. The van der Waals surface area contributed by atoms with E-state index < -0.39 is 0 Å². The van der Waals surface area contributed by atoms with Crippen LogP contribution in [0.2, 0.25) is 0 Å². The topological polar surface area (TPSA) is 12.9 Å². The van der Waals surface area contributed by atoms with E-state index in [4.69, 9.17) is 0 Å². The molecule has 0 spiro atoms. The molecule has 0 fully saturated rings. The Morgan fingerprint density at radius 3 is 1.87 bits per heavy atom. The molecule has 3 aromatic carbocycles. The average molecular weight is 295 g/mol. The molecule has 0 atom stereocenters. The minimum absolute atomic E-state index is 1.01. The average Bonchev–Trinajstić information content (AvgIpc) is 2.62. The molecule has 1 heterocycles. The molecule has 0 unspecified atom stereocenters. The molecule has 0 aliphatic carbocycles. The summed E-state index contributed by atoms with van der Waals surface area (Å²) in [4.78, 5) is 4.59. The maximum atomic E-state index is 4.59. The smallest absolute Gasteiger partial charge is 0.0708 e. The van der Waals surface area contributed by atoms with Gasteiger partial charge >= 0.3 is 0 Å². The van der Waals surface area contributed by atoms with Gasteiger partial charge in [0.25, 0.3) is 0 Å². The lowest BCUT2D eigenvalue weighted by molar-refractivity contribution is 1.36. The zero-order chi connectivity index (χ0) is 15.6. The number of fused-ring (bicyclic) bond motifs is 1. The minimum Gasteiger partial charge on any atom is -0.256 e. The quantitative estimate of drug-likeness (QED) is 0.450. The van der Waals surface area contributed by atoms with Crippen LogP contribution >= 0.6 is 0 Å². The van der Waals surface area contributed by atoms with Crippen molar-refractivity contribution in [3.05, 3.63) is 90.6 Å². The van der Waals surface area contributed by atoms with Gasteiger partial charge in [0.05, 0.1) is 5.69 Å². The summed E-state index contributed by atoms with van der Waals surface area (Å²) in [7, 11) is 0. The first-order chi connectivity index (χ1) is 11.3. The third kappa shape index (κ3) is 2.74. The van der Waals surface area contributed by atoms with E-state index in [-0.39, 0.29) is 0 Å². The number of benzene rings is 3. The first kappa shape index (κ1) is 13.7. The summed E-state index contributed by atoms with van der Waals surface area (Å²) in [6, 6.07) is 27.7. The highest BCUT2D eigenvalue weighted by molar-refractivity contribution is 5.85. The second kappa shape index (κ2) is 5.69. The number of pyridine rings is 1. The molecule has 1 nitrogen and oxygen atoms in total. The Bertz CT molecular complexity index is 951. The van der Waals surface area contributed by atoms with Gasteiger partial charge in [-0.2, -0.15) is 0 Å². The fourth-order valence-corrected chi connectivity index (χ4v) is 2.82. The largest absolute Gasteiger partial charge is 0.256 e. The maximum absolute atomic E-state index is 4.59. The zero-order valence-electron chi connectivity index (χ0n) is 13.0. The normalized spacial score (nSPS) is 10.8. The van der Waals surface area contributed by atoms with Crippen molar-refractivity contribution in [2.45, 2.75) is 6.92 Å². The van der Waals surface area contributed by atoms with Crippen LogP contribution in [0.25, 0.3) is 33.2 Å². The number of hydrogen-bond acceptors (Lipinski definition) is 1. The Morgan fingerprint density at radius 2 is 1.17 bits per heavy atom. The van der Waals surface area contributed by atoms with Gasteiger partial charge in [-0.25, -0.2) is 0 Å². The second-order valence-corrected chi connectivity index (χ2v) is 5.86. The van der Waals surface area contributed by atoms with Crippen molar-refractivity contribution in [1.82, 2.24) is 4.98 Å². The lowest BCUT2D eigenvalue weighted by atomic mass is 10.0. The van der Waals surface area contributed by atoms with Gasteiger partial charge in [-0.05, 0) is 29.5 Å². The number of aryl methyl sites for hydroxylation is 1. The van der Waals surface area contributed by atoms with Crippen LogP contribution in [-0.4, -0.2) is 4.98 Å². The first-order valence-electron chi connectivity index (χ1n) is 7.82. The van der Waals surface area contributed by atoms with E-state index in [1.165, 1.54) is 27.5 Å². The van der Waals surface area contributed by atoms with Crippen molar-refractivity contribution in [2.75, 3.05) is 0 Å². The molecule has 0 bridgehead atoms. The minimum atomic E-state index is 1.01. The lowest BCUT2D eigenvalue weighted by Gasteiger charge is -2.06. The zero-order valence-corrected chi connectivity index (χ0v) is 13.0. The molecule has 0 amide bonds. The van der Waals surface area contributed by atoms with Gasteiger partial charge in [-0.3, -0.25) is 4.98 Å². The molecular formula is C22H17N. The standard InChI is InChI=1S/C22H17N/c1-16-6-8-17(9-7-16)18-10-12-19(13-11-18)22-14-20-4-2-3-5-21(20)15-23-22/h2-15H,1H3. The number of rotatable bonds is 2. The van der Waals surface area contributed by atoms with Crippen LogP contribution in [0.5, 0.6) is 0 Å².